The molecule has 0 aliphatic carbocycles. The van der Waals surface area contributed by atoms with Crippen molar-refractivity contribution >= 4 is 33.7 Å². The monoisotopic (exact) mass is 352 g/mol. The summed E-state index contributed by atoms with van der Waals surface area (Å²) in [7, 11) is 0. The third-order valence-corrected chi connectivity index (χ3v) is 4.39. The van der Waals surface area contributed by atoms with Gasteiger partial charge in [-0.1, -0.05) is 40.2 Å². The van der Waals surface area contributed by atoms with E-state index in [9.17, 15) is 4.79 Å². The summed E-state index contributed by atoms with van der Waals surface area (Å²) in [5.41, 5.74) is 2.26. The van der Waals surface area contributed by atoms with Crippen LogP contribution in [-0.2, 0) is 12.4 Å². The number of aromatic carboxylic acids is 1. The van der Waals surface area contributed by atoms with Crippen LogP contribution in [0.4, 0.5) is 0 Å². The molecule has 2 rings (SSSR count). The molecule has 2 N–H and O–H groups in total. The maximum atomic E-state index is 11.2. The lowest BCUT2D eigenvalue weighted by atomic mass is 10.2. The zero-order valence-electron chi connectivity index (χ0n) is 10.5. The summed E-state index contributed by atoms with van der Waals surface area (Å²) < 4.78 is 0.862. The van der Waals surface area contributed by atoms with Crippen molar-refractivity contribution in [1.29, 1.82) is 0 Å². The van der Waals surface area contributed by atoms with Gasteiger partial charge >= 0.3 is 5.97 Å². The van der Waals surface area contributed by atoms with Crippen LogP contribution in [0, 0.1) is 0 Å². The number of rotatable bonds is 5. The molecule has 0 bridgehead atoms. The van der Waals surface area contributed by atoms with Gasteiger partial charge in [-0.25, -0.2) is 4.79 Å². The highest BCUT2D eigenvalue weighted by Gasteiger charge is 2.11. The second-order valence-electron chi connectivity index (χ2n) is 4.21. The molecule has 0 aliphatic heterocycles. The van der Waals surface area contributed by atoms with Crippen molar-refractivity contribution in [3.05, 3.63) is 63.6 Å². The summed E-state index contributed by atoms with van der Waals surface area (Å²) in [6, 6.07) is 12.8. The average molecular weight is 353 g/mol. The number of carbonyl (C=O) groups is 1. The van der Waals surface area contributed by atoms with Crippen molar-refractivity contribution in [2.24, 2.45) is 0 Å². The fourth-order valence-electron chi connectivity index (χ4n) is 1.69. The Bertz CT molecular complexity index is 611. The number of aliphatic hydroxyl groups is 1. The minimum absolute atomic E-state index is 0.0300. The summed E-state index contributed by atoms with van der Waals surface area (Å²) >= 11 is 4.84. The van der Waals surface area contributed by atoms with Gasteiger partial charge in [0.15, 0.2) is 0 Å². The number of benzene rings is 2. The first-order valence-electron chi connectivity index (χ1n) is 5.94. The van der Waals surface area contributed by atoms with Gasteiger partial charge in [-0.05, 0) is 29.3 Å². The molecule has 0 atom stereocenters. The van der Waals surface area contributed by atoms with E-state index in [0.29, 0.717) is 11.3 Å². The molecule has 2 aromatic rings. The number of thioether (sulfide) groups is 1. The topological polar surface area (TPSA) is 57.5 Å². The molecule has 0 radical (unpaired) electrons. The Morgan fingerprint density at radius 3 is 2.35 bits per heavy atom. The fraction of sp³-hybridized carbons (Fsp3) is 0.133. The highest BCUT2D eigenvalue weighted by Crippen LogP contribution is 2.29. The first-order chi connectivity index (χ1) is 9.60. The Morgan fingerprint density at radius 1 is 1.10 bits per heavy atom. The quantitative estimate of drug-likeness (QED) is 0.800. The second kappa shape index (κ2) is 6.92. The van der Waals surface area contributed by atoms with Crippen molar-refractivity contribution in [1.82, 2.24) is 0 Å². The molecule has 0 aliphatic rings. The van der Waals surface area contributed by atoms with E-state index in [2.05, 4.69) is 15.9 Å². The van der Waals surface area contributed by atoms with Gasteiger partial charge in [0.25, 0.3) is 0 Å². The molecule has 0 spiro atoms. The first kappa shape index (κ1) is 15.1. The third-order valence-electron chi connectivity index (χ3n) is 2.77. The van der Waals surface area contributed by atoms with E-state index in [1.807, 2.05) is 30.3 Å². The normalized spacial score (nSPS) is 10.5. The fourth-order valence-corrected chi connectivity index (χ4v) is 3.24. The Labute approximate surface area is 129 Å². The van der Waals surface area contributed by atoms with Crippen LogP contribution in [0.25, 0.3) is 0 Å². The van der Waals surface area contributed by atoms with Gasteiger partial charge in [0, 0.05) is 15.1 Å². The predicted octanol–water partition coefficient (Wildman–Crippen LogP) is 3.93. The van der Waals surface area contributed by atoms with E-state index in [0.717, 1.165) is 20.5 Å². The SMILES string of the molecule is O=C(O)c1ccc(Br)cc1SCc1ccc(CO)cc1. The average Bonchev–Trinajstić information content (AvgIpc) is 2.45. The van der Waals surface area contributed by atoms with Gasteiger partial charge in [0.2, 0.25) is 0 Å². The van der Waals surface area contributed by atoms with Crippen molar-refractivity contribution in [3.63, 3.8) is 0 Å². The molecular formula is C15H13BrO3S. The van der Waals surface area contributed by atoms with Crippen LogP contribution in [-0.4, -0.2) is 16.2 Å². The Morgan fingerprint density at radius 2 is 1.75 bits per heavy atom. The van der Waals surface area contributed by atoms with Crippen LogP contribution in [0.1, 0.15) is 21.5 Å². The number of carboxylic acid groups (broad SMARTS) is 1. The zero-order chi connectivity index (χ0) is 14.5. The van der Waals surface area contributed by atoms with Crippen molar-refractivity contribution < 1.29 is 15.0 Å². The van der Waals surface area contributed by atoms with Crippen LogP contribution >= 0.6 is 27.7 Å². The third kappa shape index (κ3) is 3.85. The largest absolute Gasteiger partial charge is 0.478 e. The second-order valence-corrected chi connectivity index (χ2v) is 6.14. The first-order valence-corrected chi connectivity index (χ1v) is 7.72. The molecule has 0 unspecified atom stereocenters. The molecule has 104 valence electrons. The Balaban J connectivity index is 2.13. The summed E-state index contributed by atoms with van der Waals surface area (Å²) in [4.78, 5) is 11.9. The number of hydrogen-bond acceptors (Lipinski definition) is 3. The molecule has 0 saturated carbocycles. The van der Waals surface area contributed by atoms with Gasteiger partial charge in [-0.2, -0.15) is 0 Å². The highest BCUT2D eigenvalue weighted by atomic mass is 79.9. The molecule has 0 fully saturated rings. The van der Waals surface area contributed by atoms with E-state index in [-0.39, 0.29) is 6.61 Å². The predicted molar refractivity (Wildman–Crippen MR) is 83.0 cm³/mol. The molecular weight excluding hydrogens is 340 g/mol. The minimum Gasteiger partial charge on any atom is -0.478 e. The van der Waals surface area contributed by atoms with Crippen molar-refractivity contribution in [3.8, 4) is 0 Å². The van der Waals surface area contributed by atoms with E-state index in [1.165, 1.54) is 11.8 Å². The van der Waals surface area contributed by atoms with Crippen LogP contribution in [0.15, 0.2) is 51.8 Å². The Kier molecular flexibility index (Phi) is 5.23. The van der Waals surface area contributed by atoms with Crippen molar-refractivity contribution in [2.75, 3.05) is 0 Å². The summed E-state index contributed by atoms with van der Waals surface area (Å²) in [5, 5.41) is 18.2. The molecule has 20 heavy (non-hydrogen) atoms. The lowest BCUT2D eigenvalue weighted by Gasteiger charge is -2.07. The van der Waals surface area contributed by atoms with E-state index < -0.39 is 5.97 Å². The number of halogens is 1. The molecule has 0 amide bonds. The number of hydrogen-bond donors (Lipinski definition) is 2. The lowest BCUT2D eigenvalue weighted by Crippen LogP contribution is -1.98. The molecule has 5 heteroatoms. The molecule has 0 saturated heterocycles. The number of carboxylic acids is 1. The lowest BCUT2D eigenvalue weighted by molar-refractivity contribution is 0.0693. The van der Waals surface area contributed by atoms with Gasteiger partial charge in [-0.3, -0.25) is 0 Å². The summed E-state index contributed by atoms with van der Waals surface area (Å²) in [6.45, 7) is 0.0300. The molecule has 0 heterocycles. The molecule has 2 aromatic carbocycles. The van der Waals surface area contributed by atoms with Crippen LogP contribution in [0.2, 0.25) is 0 Å². The Hall–Kier alpha value is -1.30. The van der Waals surface area contributed by atoms with Gasteiger partial charge in [-0.15, -0.1) is 11.8 Å². The van der Waals surface area contributed by atoms with Crippen LogP contribution in [0.5, 0.6) is 0 Å². The van der Waals surface area contributed by atoms with E-state index in [4.69, 9.17) is 10.2 Å². The van der Waals surface area contributed by atoms with Crippen LogP contribution < -0.4 is 0 Å². The maximum absolute atomic E-state index is 11.2. The van der Waals surface area contributed by atoms with E-state index in [1.54, 1.807) is 12.1 Å². The van der Waals surface area contributed by atoms with Gasteiger partial charge in [0.1, 0.15) is 0 Å². The van der Waals surface area contributed by atoms with Crippen molar-refractivity contribution in [2.45, 2.75) is 17.3 Å². The summed E-state index contributed by atoms with van der Waals surface area (Å²) in [6.07, 6.45) is 0. The summed E-state index contributed by atoms with van der Waals surface area (Å²) in [5.74, 6) is -0.238. The molecule has 3 nitrogen and oxygen atoms in total. The van der Waals surface area contributed by atoms with Gasteiger partial charge in [0.05, 0.1) is 12.2 Å². The number of aliphatic hydroxyl groups excluding tert-OH is 1. The zero-order valence-corrected chi connectivity index (χ0v) is 12.9. The standard InChI is InChI=1S/C15H13BrO3S/c16-12-5-6-13(15(18)19)14(7-12)20-9-11-3-1-10(8-17)2-4-11/h1-7,17H,8-9H2,(H,18,19). The maximum Gasteiger partial charge on any atom is 0.336 e. The van der Waals surface area contributed by atoms with Crippen LogP contribution in [0.3, 0.4) is 0 Å². The minimum atomic E-state index is -0.921. The highest BCUT2D eigenvalue weighted by molar-refractivity contribution is 9.10. The van der Waals surface area contributed by atoms with Gasteiger partial charge < -0.3 is 10.2 Å². The van der Waals surface area contributed by atoms with E-state index >= 15 is 0 Å². The smallest absolute Gasteiger partial charge is 0.336 e. The molecule has 0 aromatic heterocycles.